The molecule has 4 heteroatoms. The number of ether oxygens (including phenoxy) is 1. The Balaban J connectivity index is 3.13. The first-order chi connectivity index (χ1) is 7.60. The van der Waals surface area contributed by atoms with Crippen LogP contribution in [-0.2, 0) is 0 Å². The predicted molar refractivity (Wildman–Crippen MR) is 65.0 cm³/mol. The fourth-order valence-corrected chi connectivity index (χ4v) is 1.55. The number of carbonyl (C=O) groups is 1. The zero-order valence-corrected chi connectivity index (χ0v) is 10.7. The van der Waals surface area contributed by atoms with Gasteiger partial charge in [0.15, 0.2) is 5.78 Å². The van der Waals surface area contributed by atoms with Crippen LogP contribution < -0.4 is 4.74 Å². The predicted octanol–water partition coefficient (Wildman–Crippen LogP) is 2.92. The molecule has 0 radical (unpaired) electrons. The summed E-state index contributed by atoms with van der Waals surface area (Å²) in [6, 6.07) is 6.93. The maximum absolute atomic E-state index is 11.8. The van der Waals surface area contributed by atoms with Crippen molar-refractivity contribution in [1.82, 2.24) is 0 Å². The summed E-state index contributed by atoms with van der Waals surface area (Å²) in [5.74, 6) is 0.512. The van der Waals surface area contributed by atoms with Crippen LogP contribution in [-0.4, -0.2) is 17.2 Å². The second-order valence-electron chi connectivity index (χ2n) is 3.23. The molecule has 1 aromatic rings. The molecule has 0 spiro atoms. The third kappa shape index (κ3) is 2.83. The Morgan fingerprint density at radius 3 is 2.81 bits per heavy atom. The molecular formula is C12H12BrNO2. The van der Waals surface area contributed by atoms with E-state index in [1.165, 1.54) is 0 Å². The van der Waals surface area contributed by atoms with Gasteiger partial charge >= 0.3 is 0 Å². The minimum absolute atomic E-state index is 0.0976. The Bertz CT molecular complexity index is 435. The smallest absolute Gasteiger partial charge is 0.177 e. The van der Waals surface area contributed by atoms with Crippen LogP contribution in [0.1, 0.15) is 29.8 Å². The number of carbonyl (C=O) groups excluding carboxylic acids is 1. The van der Waals surface area contributed by atoms with Gasteiger partial charge in [-0.3, -0.25) is 4.79 Å². The van der Waals surface area contributed by atoms with Crippen LogP contribution in [0.2, 0.25) is 0 Å². The van der Waals surface area contributed by atoms with E-state index >= 15 is 0 Å². The average Bonchev–Trinajstić information content (AvgIpc) is 2.28. The van der Waals surface area contributed by atoms with Gasteiger partial charge in [0.1, 0.15) is 11.8 Å². The Labute approximate surface area is 103 Å². The van der Waals surface area contributed by atoms with E-state index < -0.39 is 0 Å². The lowest BCUT2D eigenvalue weighted by molar-refractivity contribution is 0.0995. The number of benzene rings is 1. The molecule has 84 valence electrons. The molecule has 0 fully saturated rings. The number of ketones is 1. The van der Waals surface area contributed by atoms with Crippen molar-refractivity contribution in [3.8, 4) is 11.8 Å². The van der Waals surface area contributed by atoms with Crippen LogP contribution in [0.3, 0.4) is 0 Å². The molecule has 16 heavy (non-hydrogen) atoms. The molecule has 0 saturated carbocycles. The summed E-state index contributed by atoms with van der Waals surface area (Å²) in [7, 11) is 0. The molecule has 0 aliphatic rings. The number of nitriles is 1. The van der Waals surface area contributed by atoms with Crippen molar-refractivity contribution in [3.63, 3.8) is 0 Å². The maximum atomic E-state index is 11.8. The van der Waals surface area contributed by atoms with E-state index in [0.29, 0.717) is 23.5 Å². The lowest BCUT2D eigenvalue weighted by Gasteiger charge is -2.07. The monoisotopic (exact) mass is 281 g/mol. The molecule has 0 bridgehead atoms. The molecular weight excluding hydrogens is 270 g/mol. The van der Waals surface area contributed by atoms with Crippen LogP contribution in [0.5, 0.6) is 5.75 Å². The fraction of sp³-hybridized carbons (Fsp3) is 0.333. The largest absolute Gasteiger partial charge is 0.494 e. The first-order valence-corrected chi connectivity index (χ1v) is 5.87. The highest BCUT2D eigenvalue weighted by atomic mass is 79.9. The van der Waals surface area contributed by atoms with E-state index in [-0.39, 0.29) is 10.6 Å². The first-order valence-electron chi connectivity index (χ1n) is 4.95. The Kier molecular flexibility index (Phi) is 4.51. The van der Waals surface area contributed by atoms with E-state index in [9.17, 15) is 4.79 Å². The number of hydrogen-bond acceptors (Lipinski definition) is 3. The van der Waals surface area contributed by atoms with Gasteiger partial charge in [0, 0.05) is 5.56 Å². The van der Waals surface area contributed by atoms with Crippen molar-refractivity contribution < 1.29 is 9.53 Å². The number of nitrogens with zero attached hydrogens (tertiary/aromatic N) is 1. The average molecular weight is 282 g/mol. The molecule has 0 aliphatic carbocycles. The Morgan fingerprint density at radius 2 is 2.31 bits per heavy atom. The zero-order chi connectivity index (χ0) is 12.1. The number of rotatable bonds is 4. The second kappa shape index (κ2) is 5.66. The summed E-state index contributed by atoms with van der Waals surface area (Å²) in [6.45, 7) is 4.14. The Morgan fingerprint density at radius 1 is 1.62 bits per heavy atom. The summed E-state index contributed by atoms with van der Waals surface area (Å²) in [4.78, 5) is 11.5. The molecule has 0 heterocycles. The highest BCUT2D eigenvalue weighted by Crippen LogP contribution is 2.20. The van der Waals surface area contributed by atoms with Crippen LogP contribution in [0, 0.1) is 11.3 Å². The molecule has 0 N–H and O–H groups in total. The molecule has 1 rings (SSSR count). The van der Waals surface area contributed by atoms with Crippen LogP contribution >= 0.6 is 15.9 Å². The Hall–Kier alpha value is -1.34. The van der Waals surface area contributed by atoms with E-state index in [1.54, 1.807) is 25.1 Å². The molecule has 0 saturated heterocycles. The van der Waals surface area contributed by atoms with Crippen molar-refractivity contribution in [2.24, 2.45) is 0 Å². The molecule has 3 nitrogen and oxygen atoms in total. The summed E-state index contributed by atoms with van der Waals surface area (Å²) in [5, 5.41) is 8.97. The highest BCUT2D eigenvalue weighted by Gasteiger charge is 2.16. The van der Waals surface area contributed by atoms with Gasteiger partial charge in [0.25, 0.3) is 0 Å². The lowest BCUT2D eigenvalue weighted by atomic mass is 10.0. The summed E-state index contributed by atoms with van der Waals surface area (Å²) in [6.07, 6.45) is 0. The minimum atomic E-state index is -0.294. The number of Topliss-reactive ketones (excluding diaryl/α,β-unsaturated/α-hetero) is 1. The van der Waals surface area contributed by atoms with Crippen molar-refractivity contribution in [2.45, 2.75) is 18.7 Å². The van der Waals surface area contributed by atoms with Gasteiger partial charge in [-0.15, -0.1) is 0 Å². The molecule has 0 aromatic heterocycles. The van der Waals surface area contributed by atoms with Gasteiger partial charge in [-0.05, 0) is 32.0 Å². The normalized spacial score (nSPS) is 11.6. The second-order valence-corrected chi connectivity index (χ2v) is 4.61. The quantitative estimate of drug-likeness (QED) is 0.630. The van der Waals surface area contributed by atoms with Crippen LogP contribution in [0.15, 0.2) is 18.2 Å². The van der Waals surface area contributed by atoms with Crippen LogP contribution in [0.4, 0.5) is 0 Å². The standard InChI is InChI=1S/C12H12BrNO2/c1-3-16-10-4-5-11(9(6-10)7-14)12(15)8(2)13/h4-6,8H,3H2,1-2H3. The van der Waals surface area contributed by atoms with E-state index in [0.717, 1.165) is 0 Å². The third-order valence-corrected chi connectivity index (χ3v) is 2.47. The fourth-order valence-electron chi connectivity index (χ4n) is 1.30. The summed E-state index contributed by atoms with van der Waals surface area (Å²) >= 11 is 3.20. The lowest BCUT2D eigenvalue weighted by Crippen LogP contribution is -2.11. The van der Waals surface area contributed by atoms with Gasteiger partial charge in [0.2, 0.25) is 0 Å². The van der Waals surface area contributed by atoms with Crippen molar-refractivity contribution in [1.29, 1.82) is 5.26 Å². The van der Waals surface area contributed by atoms with Crippen molar-refractivity contribution >= 4 is 21.7 Å². The molecule has 1 atom stereocenters. The zero-order valence-electron chi connectivity index (χ0n) is 9.16. The maximum Gasteiger partial charge on any atom is 0.177 e. The van der Waals surface area contributed by atoms with Crippen molar-refractivity contribution in [3.05, 3.63) is 29.3 Å². The molecule has 0 aliphatic heterocycles. The van der Waals surface area contributed by atoms with Crippen molar-refractivity contribution in [2.75, 3.05) is 6.61 Å². The number of hydrogen-bond donors (Lipinski definition) is 0. The molecule has 1 unspecified atom stereocenters. The van der Waals surface area contributed by atoms with Gasteiger partial charge in [-0.1, -0.05) is 15.9 Å². The topological polar surface area (TPSA) is 50.1 Å². The summed E-state index contributed by atoms with van der Waals surface area (Å²) in [5.41, 5.74) is 0.776. The minimum Gasteiger partial charge on any atom is -0.494 e. The van der Waals surface area contributed by atoms with E-state index in [4.69, 9.17) is 10.00 Å². The van der Waals surface area contributed by atoms with Gasteiger partial charge in [-0.25, -0.2) is 0 Å². The molecule has 0 amide bonds. The first kappa shape index (κ1) is 12.7. The third-order valence-electron chi connectivity index (χ3n) is 2.05. The van der Waals surface area contributed by atoms with Gasteiger partial charge in [-0.2, -0.15) is 5.26 Å². The summed E-state index contributed by atoms with van der Waals surface area (Å²) < 4.78 is 5.27. The highest BCUT2D eigenvalue weighted by molar-refractivity contribution is 9.10. The van der Waals surface area contributed by atoms with Gasteiger partial charge in [0.05, 0.1) is 17.0 Å². The number of halogens is 1. The van der Waals surface area contributed by atoms with E-state index in [2.05, 4.69) is 15.9 Å². The van der Waals surface area contributed by atoms with Gasteiger partial charge < -0.3 is 4.74 Å². The number of alkyl halides is 1. The SMILES string of the molecule is CCOc1ccc(C(=O)C(C)Br)c(C#N)c1. The van der Waals surface area contributed by atoms with E-state index in [1.807, 2.05) is 13.0 Å². The molecule has 1 aromatic carbocycles. The van der Waals surface area contributed by atoms with Crippen LogP contribution in [0.25, 0.3) is 0 Å².